The smallest absolute Gasteiger partial charge is 0.255 e. The average Bonchev–Trinajstić information content (AvgIpc) is 2.79. The van der Waals surface area contributed by atoms with Crippen molar-refractivity contribution in [2.75, 3.05) is 7.11 Å². The molecule has 0 bridgehead atoms. The molecule has 2 N–H and O–H groups in total. The summed E-state index contributed by atoms with van der Waals surface area (Å²) in [6, 6.07) is 5.15. The van der Waals surface area contributed by atoms with Gasteiger partial charge in [0.15, 0.2) is 11.5 Å². The van der Waals surface area contributed by atoms with Crippen LogP contribution >= 0.6 is 0 Å². The molecule has 1 saturated carbocycles. The number of methoxy groups -OCH3 is 1. The molecule has 0 aromatic heterocycles. The van der Waals surface area contributed by atoms with Crippen molar-refractivity contribution in [1.82, 2.24) is 5.32 Å². The summed E-state index contributed by atoms with van der Waals surface area (Å²) >= 11 is 0. The third kappa shape index (κ3) is 2.74. The zero-order valence-corrected chi connectivity index (χ0v) is 12.3. The van der Waals surface area contributed by atoms with Gasteiger partial charge in [0, 0.05) is 6.04 Å². The highest BCUT2D eigenvalue weighted by Crippen LogP contribution is 2.35. The van der Waals surface area contributed by atoms with Crippen LogP contribution in [-0.2, 0) is 0 Å². The Morgan fingerprint density at radius 2 is 2.20 bits per heavy atom. The van der Waals surface area contributed by atoms with Crippen molar-refractivity contribution >= 4 is 5.91 Å². The minimum Gasteiger partial charge on any atom is -0.504 e. The summed E-state index contributed by atoms with van der Waals surface area (Å²) in [6.45, 7) is 4.39. The molecule has 0 saturated heterocycles. The van der Waals surface area contributed by atoms with E-state index in [0.29, 0.717) is 17.6 Å². The maximum atomic E-state index is 12.3. The van der Waals surface area contributed by atoms with Gasteiger partial charge in [0.25, 0.3) is 5.91 Å². The molecule has 20 heavy (non-hydrogen) atoms. The van der Waals surface area contributed by atoms with E-state index in [4.69, 9.17) is 4.74 Å². The molecule has 2 rings (SSSR count). The van der Waals surface area contributed by atoms with Crippen LogP contribution in [0, 0.1) is 11.8 Å². The lowest BCUT2D eigenvalue weighted by molar-refractivity contribution is 0.0923. The van der Waals surface area contributed by atoms with E-state index < -0.39 is 0 Å². The van der Waals surface area contributed by atoms with E-state index in [1.807, 2.05) is 0 Å². The molecule has 1 amide bonds. The van der Waals surface area contributed by atoms with Crippen LogP contribution in [0.25, 0.3) is 0 Å². The number of hydrogen-bond donors (Lipinski definition) is 2. The highest BCUT2D eigenvalue weighted by atomic mass is 16.5. The molecule has 1 aromatic carbocycles. The average molecular weight is 277 g/mol. The van der Waals surface area contributed by atoms with E-state index in [2.05, 4.69) is 19.2 Å². The topological polar surface area (TPSA) is 58.6 Å². The van der Waals surface area contributed by atoms with Crippen molar-refractivity contribution in [2.45, 2.75) is 39.2 Å². The minimum atomic E-state index is -0.227. The number of para-hydroxylation sites is 1. The third-order valence-electron chi connectivity index (χ3n) is 4.53. The maximum absolute atomic E-state index is 12.3. The molecule has 4 nitrogen and oxygen atoms in total. The van der Waals surface area contributed by atoms with Gasteiger partial charge in [-0.05, 0) is 36.8 Å². The van der Waals surface area contributed by atoms with Crippen molar-refractivity contribution < 1.29 is 14.6 Å². The first kappa shape index (κ1) is 14.7. The quantitative estimate of drug-likeness (QED) is 0.889. The molecule has 3 unspecified atom stereocenters. The number of rotatable bonds is 4. The van der Waals surface area contributed by atoms with E-state index in [-0.39, 0.29) is 23.3 Å². The lowest BCUT2D eigenvalue weighted by Gasteiger charge is -2.21. The molecular weight excluding hydrogens is 254 g/mol. The predicted octanol–water partition coefficient (Wildman–Crippen LogP) is 2.96. The molecule has 1 aromatic rings. The Morgan fingerprint density at radius 1 is 1.45 bits per heavy atom. The SMILES string of the molecule is CCC1CCC(NC(=O)c2cccc(OC)c2O)C1C. The number of amides is 1. The number of nitrogens with one attached hydrogen (secondary N) is 1. The van der Waals surface area contributed by atoms with Gasteiger partial charge in [0.2, 0.25) is 0 Å². The van der Waals surface area contributed by atoms with Gasteiger partial charge in [-0.25, -0.2) is 0 Å². The summed E-state index contributed by atoms with van der Waals surface area (Å²) < 4.78 is 5.03. The lowest BCUT2D eigenvalue weighted by atomic mass is 9.93. The number of phenols is 1. The van der Waals surface area contributed by atoms with Gasteiger partial charge < -0.3 is 15.2 Å². The number of phenolic OH excluding ortho intramolecular Hbond substituents is 1. The fourth-order valence-corrected chi connectivity index (χ4v) is 3.14. The van der Waals surface area contributed by atoms with E-state index in [1.165, 1.54) is 7.11 Å². The van der Waals surface area contributed by atoms with E-state index >= 15 is 0 Å². The molecule has 0 aliphatic heterocycles. The van der Waals surface area contributed by atoms with Gasteiger partial charge in [0.05, 0.1) is 12.7 Å². The number of aromatic hydroxyl groups is 1. The Labute approximate surface area is 120 Å². The largest absolute Gasteiger partial charge is 0.504 e. The highest BCUT2D eigenvalue weighted by molar-refractivity contribution is 5.97. The molecule has 0 radical (unpaired) electrons. The minimum absolute atomic E-state index is 0.0924. The second kappa shape index (κ2) is 6.16. The van der Waals surface area contributed by atoms with Gasteiger partial charge in [-0.2, -0.15) is 0 Å². The molecule has 1 aliphatic carbocycles. The summed E-state index contributed by atoms with van der Waals surface area (Å²) in [5.74, 6) is 1.17. The number of benzene rings is 1. The van der Waals surface area contributed by atoms with Crippen LogP contribution in [0.5, 0.6) is 11.5 Å². The van der Waals surface area contributed by atoms with Crippen molar-refractivity contribution in [3.05, 3.63) is 23.8 Å². The molecule has 3 atom stereocenters. The highest BCUT2D eigenvalue weighted by Gasteiger charge is 2.33. The van der Waals surface area contributed by atoms with Gasteiger partial charge in [-0.15, -0.1) is 0 Å². The van der Waals surface area contributed by atoms with Crippen LogP contribution in [0.15, 0.2) is 18.2 Å². The van der Waals surface area contributed by atoms with Gasteiger partial charge in [0.1, 0.15) is 0 Å². The van der Waals surface area contributed by atoms with Crippen molar-refractivity contribution in [3.63, 3.8) is 0 Å². The zero-order valence-electron chi connectivity index (χ0n) is 12.3. The van der Waals surface area contributed by atoms with Crippen LogP contribution in [-0.4, -0.2) is 24.2 Å². The fourth-order valence-electron chi connectivity index (χ4n) is 3.14. The summed E-state index contributed by atoms with van der Waals surface area (Å²) in [7, 11) is 1.47. The first-order valence-electron chi connectivity index (χ1n) is 7.25. The van der Waals surface area contributed by atoms with Gasteiger partial charge >= 0.3 is 0 Å². The molecule has 110 valence electrons. The molecule has 0 heterocycles. The fraction of sp³-hybridized carbons (Fsp3) is 0.562. The van der Waals surface area contributed by atoms with Crippen LogP contribution in [0.4, 0.5) is 0 Å². The molecule has 1 aliphatic rings. The van der Waals surface area contributed by atoms with Crippen LogP contribution in [0.3, 0.4) is 0 Å². The Kier molecular flexibility index (Phi) is 4.53. The standard InChI is InChI=1S/C16H23NO3/c1-4-11-8-9-13(10(11)2)17-16(19)12-6-5-7-14(20-3)15(12)18/h5-7,10-11,13,18H,4,8-9H2,1-3H3,(H,17,19). The Balaban J connectivity index is 2.10. The molecule has 1 fully saturated rings. The predicted molar refractivity (Wildman–Crippen MR) is 78.1 cm³/mol. The van der Waals surface area contributed by atoms with Crippen LogP contribution in [0.1, 0.15) is 43.5 Å². The normalized spacial score (nSPS) is 25.4. The van der Waals surface area contributed by atoms with Crippen molar-refractivity contribution in [2.24, 2.45) is 11.8 Å². The maximum Gasteiger partial charge on any atom is 0.255 e. The van der Waals surface area contributed by atoms with Crippen molar-refractivity contribution in [3.8, 4) is 11.5 Å². The second-order valence-corrected chi connectivity index (χ2v) is 5.54. The van der Waals surface area contributed by atoms with E-state index in [9.17, 15) is 9.90 Å². The molecular formula is C16H23NO3. The zero-order chi connectivity index (χ0) is 14.7. The van der Waals surface area contributed by atoms with Crippen LogP contribution in [0.2, 0.25) is 0 Å². The summed E-state index contributed by atoms with van der Waals surface area (Å²) in [6.07, 6.45) is 3.32. The van der Waals surface area contributed by atoms with Crippen molar-refractivity contribution in [1.29, 1.82) is 0 Å². The summed E-state index contributed by atoms with van der Waals surface area (Å²) in [5.41, 5.74) is 0.275. The first-order chi connectivity index (χ1) is 9.58. The monoisotopic (exact) mass is 277 g/mol. The van der Waals surface area contributed by atoms with Gasteiger partial charge in [-0.3, -0.25) is 4.79 Å². The molecule has 0 spiro atoms. The summed E-state index contributed by atoms with van der Waals surface area (Å²) in [4.78, 5) is 12.3. The summed E-state index contributed by atoms with van der Waals surface area (Å²) in [5, 5.41) is 13.1. The number of carbonyl (C=O) groups is 1. The van der Waals surface area contributed by atoms with Gasteiger partial charge in [-0.1, -0.05) is 26.3 Å². The Morgan fingerprint density at radius 3 is 2.80 bits per heavy atom. The van der Waals surface area contributed by atoms with Crippen LogP contribution < -0.4 is 10.1 Å². The molecule has 4 heteroatoms. The number of hydrogen-bond acceptors (Lipinski definition) is 3. The second-order valence-electron chi connectivity index (χ2n) is 5.54. The van der Waals surface area contributed by atoms with E-state index in [1.54, 1.807) is 18.2 Å². The van der Waals surface area contributed by atoms with E-state index in [0.717, 1.165) is 19.3 Å². The Bertz CT molecular complexity index is 487. The number of carbonyl (C=O) groups excluding carboxylic acids is 1. The Hall–Kier alpha value is -1.71. The lowest BCUT2D eigenvalue weighted by Crippen LogP contribution is -2.37. The number of ether oxygens (including phenoxy) is 1. The first-order valence-corrected chi connectivity index (χ1v) is 7.25. The third-order valence-corrected chi connectivity index (χ3v) is 4.53.